The minimum Gasteiger partial charge on any atom is -0.351 e. The number of carbonyl (C=O) groups excluding carboxylic acids is 1. The van der Waals surface area contributed by atoms with E-state index in [1.807, 2.05) is 26.0 Å². The van der Waals surface area contributed by atoms with Crippen LogP contribution >= 0.6 is 0 Å². The fourth-order valence-corrected chi connectivity index (χ4v) is 4.25. The first-order chi connectivity index (χ1) is 11.7. The molecule has 1 aromatic rings. The van der Waals surface area contributed by atoms with Crippen molar-refractivity contribution in [2.45, 2.75) is 52.5 Å². The zero-order chi connectivity index (χ0) is 18.6. The molecule has 1 aliphatic rings. The largest absolute Gasteiger partial charge is 0.351 e. The number of nitrogens with one attached hydrogen (secondary N) is 1. The number of hydrogen-bond donors (Lipinski definition) is 1. The maximum Gasteiger partial charge on any atom is 0.243 e. The third-order valence-electron chi connectivity index (χ3n) is 4.71. The molecule has 0 saturated heterocycles. The van der Waals surface area contributed by atoms with Crippen LogP contribution in [0, 0.1) is 13.8 Å². The van der Waals surface area contributed by atoms with Gasteiger partial charge in [-0.2, -0.15) is 0 Å². The number of allylic oxidation sites excluding steroid dienone is 1. The van der Waals surface area contributed by atoms with E-state index in [1.165, 1.54) is 16.3 Å². The SMILES string of the molecule is Cc1ccc(N(C(C)C(=O)NCC2=CCCCC2)S(C)(=O)=O)cc1C. The second-order valence-electron chi connectivity index (χ2n) is 6.83. The van der Waals surface area contributed by atoms with Crippen LogP contribution in [0.15, 0.2) is 29.8 Å². The standard InChI is InChI=1S/C19H28N2O3S/c1-14-10-11-18(12-15(14)2)21(25(4,23)24)16(3)19(22)20-13-17-8-6-5-7-9-17/h8,10-12,16H,5-7,9,13H2,1-4H3,(H,20,22). The Morgan fingerprint density at radius 2 is 1.96 bits per heavy atom. The van der Waals surface area contributed by atoms with Crippen LogP contribution in [0.1, 0.15) is 43.7 Å². The molecule has 1 N–H and O–H groups in total. The van der Waals surface area contributed by atoms with Crippen molar-refractivity contribution in [3.05, 3.63) is 41.0 Å². The van der Waals surface area contributed by atoms with E-state index in [4.69, 9.17) is 0 Å². The van der Waals surface area contributed by atoms with Gasteiger partial charge in [-0.1, -0.05) is 17.7 Å². The molecule has 6 heteroatoms. The van der Waals surface area contributed by atoms with Gasteiger partial charge in [-0.25, -0.2) is 8.42 Å². The Bertz CT molecular complexity index is 769. The summed E-state index contributed by atoms with van der Waals surface area (Å²) in [6.07, 6.45) is 7.71. The van der Waals surface area contributed by atoms with Crippen molar-refractivity contribution in [1.29, 1.82) is 0 Å². The molecule has 1 atom stereocenters. The molecule has 0 fully saturated rings. The van der Waals surface area contributed by atoms with Gasteiger partial charge in [-0.3, -0.25) is 9.10 Å². The second kappa shape index (κ2) is 8.04. The van der Waals surface area contributed by atoms with Gasteiger partial charge >= 0.3 is 0 Å². The Balaban J connectivity index is 2.17. The van der Waals surface area contributed by atoms with Gasteiger partial charge < -0.3 is 5.32 Å². The van der Waals surface area contributed by atoms with Crippen molar-refractivity contribution in [3.8, 4) is 0 Å². The van der Waals surface area contributed by atoms with E-state index < -0.39 is 16.1 Å². The van der Waals surface area contributed by atoms with Gasteiger partial charge in [0.15, 0.2) is 0 Å². The van der Waals surface area contributed by atoms with Crippen LogP contribution in [0.4, 0.5) is 5.69 Å². The number of nitrogens with zero attached hydrogens (tertiary/aromatic N) is 1. The third kappa shape index (κ3) is 5.08. The number of hydrogen-bond acceptors (Lipinski definition) is 3. The molecule has 1 unspecified atom stereocenters. The number of anilines is 1. The smallest absolute Gasteiger partial charge is 0.243 e. The van der Waals surface area contributed by atoms with Crippen LogP contribution in [0.5, 0.6) is 0 Å². The first-order valence-electron chi connectivity index (χ1n) is 8.72. The summed E-state index contributed by atoms with van der Waals surface area (Å²) in [4.78, 5) is 12.6. The highest BCUT2D eigenvalue weighted by Gasteiger charge is 2.29. The minimum absolute atomic E-state index is 0.282. The monoisotopic (exact) mass is 364 g/mol. The van der Waals surface area contributed by atoms with E-state index in [2.05, 4.69) is 11.4 Å². The van der Waals surface area contributed by atoms with Gasteiger partial charge in [0.05, 0.1) is 11.9 Å². The molecule has 0 spiro atoms. The number of sulfonamides is 1. The van der Waals surface area contributed by atoms with Crippen LogP contribution in [0.3, 0.4) is 0 Å². The summed E-state index contributed by atoms with van der Waals surface area (Å²) in [6, 6.07) is 4.63. The third-order valence-corrected chi connectivity index (χ3v) is 5.95. The molecule has 0 bridgehead atoms. The Kier molecular flexibility index (Phi) is 6.27. The quantitative estimate of drug-likeness (QED) is 0.789. The van der Waals surface area contributed by atoms with Crippen molar-refractivity contribution in [3.63, 3.8) is 0 Å². The summed E-state index contributed by atoms with van der Waals surface area (Å²) in [6.45, 7) is 6.02. The predicted octanol–water partition coefficient (Wildman–Crippen LogP) is 3.07. The first-order valence-corrected chi connectivity index (χ1v) is 10.6. The zero-order valence-electron chi connectivity index (χ0n) is 15.5. The van der Waals surface area contributed by atoms with Crippen LogP contribution in [0.25, 0.3) is 0 Å². The zero-order valence-corrected chi connectivity index (χ0v) is 16.3. The van der Waals surface area contributed by atoms with Crippen molar-refractivity contribution in [2.24, 2.45) is 0 Å². The average Bonchev–Trinajstić information content (AvgIpc) is 2.55. The van der Waals surface area contributed by atoms with Crippen molar-refractivity contribution < 1.29 is 13.2 Å². The van der Waals surface area contributed by atoms with E-state index in [-0.39, 0.29) is 5.91 Å². The molecule has 1 aromatic carbocycles. The van der Waals surface area contributed by atoms with Gasteiger partial charge in [0.25, 0.3) is 0 Å². The minimum atomic E-state index is -3.58. The number of benzene rings is 1. The van der Waals surface area contributed by atoms with Crippen LogP contribution < -0.4 is 9.62 Å². The summed E-state index contributed by atoms with van der Waals surface area (Å²) in [5.74, 6) is -0.282. The summed E-state index contributed by atoms with van der Waals surface area (Å²) in [5, 5.41) is 2.89. The van der Waals surface area contributed by atoms with E-state index in [0.29, 0.717) is 12.2 Å². The number of amides is 1. The first kappa shape index (κ1) is 19.5. The molecule has 1 aliphatic carbocycles. The average molecular weight is 365 g/mol. The molecule has 138 valence electrons. The van der Waals surface area contributed by atoms with Crippen LogP contribution in [-0.4, -0.2) is 33.2 Å². The molecule has 0 radical (unpaired) electrons. The highest BCUT2D eigenvalue weighted by Crippen LogP contribution is 2.24. The van der Waals surface area contributed by atoms with Gasteiger partial charge in [-0.05, 0) is 69.7 Å². The molecule has 0 aromatic heterocycles. The molecular weight excluding hydrogens is 336 g/mol. The molecule has 2 rings (SSSR count). The van der Waals surface area contributed by atoms with Crippen molar-refractivity contribution >= 4 is 21.6 Å². The van der Waals surface area contributed by atoms with Gasteiger partial charge in [0.1, 0.15) is 6.04 Å². The van der Waals surface area contributed by atoms with Crippen LogP contribution in [0.2, 0.25) is 0 Å². The Hall–Kier alpha value is -1.82. The summed E-state index contributed by atoms with van der Waals surface area (Å²) in [5.41, 5.74) is 3.82. The summed E-state index contributed by atoms with van der Waals surface area (Å²) >= 11 is 0. The molecule has 25 heavy (non-hydrogen) atoms. The lowest BCUT2D eigenvalue weighted by Crippen LogP contribution is -2.48. The molecule has 0 saturated carbocycles. The lowest BCUT2D eigenvalue weighted by molar-refractivity contribution is -0.121. The maximum absolute atomic E-state index is 12.6. The number of rotatable bonds is 6. The van der Waals surface area contributed by atoms with Crippen LogP contribution in [-0.2, 0) is 14.8 Å². The molecule has 0 aliphatic heterocycles. The number of carbonyl (C=O) groups is 1. The van der Waals surface area contributed by atoms with Gasteiger partial charge in [-0.15, -0.1) is 0 Å². The van der Waals surface area contributed by atoms with Gasteiger partial charge in [0, 0.05) is 6.54 Å². The maximum atomic E-state index is 12.6. The highest BCUT2D eigenvalue weighted by atomic mass is 32.2. The molecule has 1 amide bonds. The Labute approximate surface area is 151 Å². The Morgan fingerprint density at radius 1 is 1.24 bits per heavy atom. The fraction of sp³-hybridized carbons (Fsp3) is 0.526. The topological polar surface area (TPSA) is 66.5 Å². The molecule has 5 nitrogen and oxygen atoms in total. The van der Waals surface area contributed by atoms with Crippen molar-refractivity contribution in [1.82, 2.24) is 5.32 Å². The molecule has 0 heterocycles. The van der Waals surface area contributed by atoms with Crippen molar-refractivity contribution in [2.75, 3.05) is 17.1 Å². The normalized spacial score (nSPS) is 16.1. The fourth-order valence-electron chi connectivity index (χ4n) is 3.09. The summed E-state index contributed by atoms with van der Waals surface area (Å²) in [7, 11) is -3.58. The lowest BCUT2D eigenvalue weighted by atomic mass is 10.00. The Morgan fingerprint density at radius 3 is 2.52 bits per heavy atom. The van der Waals surface area contributed by atoms with E-state index in [9.17, 15) is 13.2 Å². The second-order valence-corrected chi connectivity index (χ2v) is 8.69. The highest BCUT2D eigenvalue weighted by molar-refractivity contribution is 7.92. The summed E-state index contributed by atoms with van der Waals surface area (Å²) < 4.78 is 25.8. The van der Waals surface area contributed by atoms with E-state index >= 15 is 0 Å². The number of aryl methyl sites for hydroxylation is 2. The van der Waals surface area contributed by atoms with Gasteiger partial charge in [0.2, 0.25) is 15.9 Å². The predicted molar refractivity (Wildman–Crippen MR) is 102 cm³/mol. The molecular formula is C19H28N2O3S. The van der Waals surface area contributed by atoms with E-state index in [1.54, 1.807) is 13.0 Å². The lowest BCUT2D eigenvalue weighted by Gasteiger charge is -2.29. The van der Waals surface area contributed by atoms with E-state index in [0.717, 1.165) is 36.6 Å².